The minimum atomic E-state index is -0.590. The molecule has 6 nitrogen and oxygen atoms in total. The van der Waals surface area contributed by atoms with E-state index in [1.807, 2.05) is 131 Å². The van der Waals surface area contributed by atoms with E-state index < -0.39 is 10.8 Å². The predicted molar refractivity (Wildman–Crippen MR) is 253 cm³/mol. The van der Waals surface area contributed by atoms with Gasteiger partial charge in [-0.15, -0.1) is 13.2 Å². The minimum Gasteiger partial charge on any atom is -0.352 e. The first-order valence-corrected chi connectivity index (χ1v) is 21.6. The maximum absolute atomic E-state index is 12.8. The van der Waals surface area contributed by atoms with Crippen molar-refractivity contribution in [2.24, 2.45) is 40.2 Å². The molecule has 2 aromatic rings. The molecule has 2 aromatic carbocycles. The number of nitrogens with one attached hydrogen (secondary N) is 1. The van der Waals surface area contributed by atoms with E-state index in [1.165, 1.54) is 5.56 Å². The number of carbonyl (C=O) groups excluding carboxylic acids is 2. The zero-order valence-corrected chi connectivity index (χ0v) is 37.7. The molecular formula is C52H73ClN4O2. The number of halogens is 1. The summed E-state index contributed by atoms with van der Waals surface area (Å²) in [5.74, 6) is 0.731. The fraction of sp³-hybridized carbons (Fsp3) is 0.462. The average Bonchev–Trinajstić information content (AvgIpc) is 3.26. The first-order chi connectivity index (χ1) is 28.3. The van der Waals surface area contributed by atoms with Gasteiger partial charge in [-0.2, -0.15) is 10.5 Å². The number of benzene rings is 2. The van der Waals surface area contributed by atoms with Crippen LogP contribution in [0.25, 0.3) is 12.2 Å². The van der Waals surface area contributed by atoms with Gasteiger partial charge in [0, 0.05) is 23.9 Å². The molecule has 7 heteroatoms. The zero-order chi connectivity index (χ0) is 44.4. The van der Waals surface area contributed by atoms with E-state index in [-0.39, 0.29) is 23.0 Å². The standard InChI is InChI=1S/C26H36N2O.C17H26ClNO.C9H11N/c1-5-22(3)14-9-7-12-17-24(21-27)20-26(4,6-2)25(29)28-19-13-18-23-15-10-8-11-16-23;1-5-14(3)10-8-7-9-11-15(13-19)12-17(4,6-2)16(18)20;10-8-4-7-9-5-2-1-3-6-9/h5,7-8,10-13,15-16,18,22,24H,1,6,9,14,17,19-20H2,2-4H3,(H,28,29);5,7,9,14-15H,1,6,8,10-12H2,2-4H3;1-7H,8,10H2/b12-7?,18-13+;;7-4+. The molecule has 2 rings (SSSR count). The third-order valence-electron chi connectivity index (χ3n) is 10.6. The van der Waals surface area contributed by atoms with Crippen molar-refractivity contribution >= 4 is 34.9 Å². The van der Waals surface area contributed by atoms with Crippen molar-refractivity contribution in [1.82, 2.24) is 5.32 Å². The molecular weight excluding hydrogens is 748 g/mol. The number of allylic oxidation sites excluding steroid dienone is 6. The van der Waals surface area contributed by atoms with Gasteiger partial charge in [-0.3, -0.25) is 9.59 Å². The number of amides is 1. The maximum Gasteiger partial charge on any atom is 0.227 e. The summed E-state index contributed by atoms with van der Waals surface area (Å²) in [6.45, 7) is 20.7. The molecule has 6 unspecified atom stereocenters. The summed E-state index contributed by atoms with van der Waals surface area (Å²) < 4.78 is 0. The number of nitriles is 2. The quantitative estimate of drug-likeness (QED) is 0.0763. The Balaban J connectivity index is 0.000000962. The Labute approximate surface area is 363 Å². The predicted octanol–water partition coefficient (Wildman–Crippen LogP) is 13.2. The van der Waals surface area contributed by atoms with Gasteiger partial charge in [0.05, 0.1) is 24.0 Å². The smallest absolute Gasteiger partial charge is 0.227 e. The van der Waals surface area contributed by atoms with Crippen molar-refractivity contribution in [3.05, 3.63) is 134 Å². The molecule has 59 heavy (non-hydrogen) atoms. The van der Waals surface area contributed by atoms with Gasteiger partial charge in [-0.05, 0) is 98.8 Å². The van der Waals surface area contributed by atoms with Crippen molar-refractivity contribution in [1.29, 1.82) is 10.5 Å². The van der Waals surface area contributed by atoms with Gasteiger partial charge in [0.25, 0.3) is 0 Å². The van der Waals surface area contributed by atoms with Crippen molar-refractivity contribution < 1.29 is 9.59 Å². The monoisotopic (exact) mass is 821 g/mol. The Morgan fingerprint density at radius 1 is 0.729 bits per heavy atom. The summed E-state index contributed by atoms with van der Waals surface area (Å²) in [6.07, 6.45) is 28.2. The number of carbonyl (C=O) groups is 2. The number of nitrogens with zero attached hydrogens (tertiary/aromatic N) is 2. The molecule has 3 N–H and O–H groups in total. The highest BCUT2D eigenvalue weighted by molar-refractivity contribution is 6.64. The average molecular weight is 822 g/mol. The Hall–Kier alpha value is -4.75. The van der Waals surface area contributed by atoms with E-state index in [0.29, 0.717) is 63.5 Å². The molecule has 0 spiro atoms. The van der Waals surface area contributed by atoms with Crippen LogP contribution in [-0.4, -0.2) is 24.2 Å². The second kappa shape index (κ2) is 33.1. The fourth-order valence-corrected chi connectivity index (χ4v) is 6.03. The second-order valence-electron chi connectivity index (χ2n) is 15.7. The lowest BCUT2D eigenvalue weighted by atomic mass is 9.77. The van der Waals surface area contributed by atoms with Crippen LogP contribution in [0.1, 0.15) is 117 Å². The van der Waals surface area contributed by atoms with Crippen LogP contribution in [0.3, 0.4) is 0 Å². The lowest BCUT2D eigenvalue weighted by Gasteiger charge is -2.28. The normalized spacial score (nSPS) is 15.2. The lowest BCUT2D eigenvalue weighted by molar-refractivity contribution is -0.131. The molecule has 0 heterocycles. The minimum absolute atomic E-state index is 0.0155. The van der Waals surface area contributed by atoms with Gasteiger partial charge < -0.3 is 11.1 Å². The highest BCUT2D eigenvalue weighted by Gasteiger charge is 2.34. The van der Waals surface area contributed by atoms with Crippen LogP contribution in [0.2, 0.25) is 0 Å². The van der Waals surface area contributed by atoms with Crippen LogP contribution >= 0.6 is 11.6 Å². The largest absolute Gasteiger partial charge is 0.352 e. The van der Waals surface area contributed by atoms with E-state index >= 15 is 0 Å². The summed E-state index contributed by atoms with van der Waals surface area (Å²) in [4.78, 5) is 24.2. The molecule has 0 aliphatic rings. The number of hydrogen-bond donors (Lipinski definition) is 2. The van der Waals surface area contributed by atoms with E-state index in [1.54, 1.807) is 0 Å². The molecule has 0 saturated heterocycles. The molecule has 1 amide bonds. The Morgan fingerprint density at radius 2 is 1.15 bits per heavy atom. The summed E-state index contributed by atoms with van der Waals surface area (Å²) >= 11 is 5.65. The number of hydrogen-bond acceptors (Lipinski definition) is 5. The first-order valence-electron chi connectivity index (χ1n) is 21.2. The van der Waals surface area contributed by atoms with Gasteiger partial charge in [0.15, 0.2) is 0 Å². The highest BCUT2D eigenvalue weighted by atomic mass is 35.5. The highest BCUT2D eigenvalue weighted by Crippen LogP contribution is 2.34. The third kappa shape index (κ3) is 25.4. The number of rotatable bonds is 25. The van der Waals surface area contributed by atoms with Crippen LogP contribution in [0.4, 0.5) is 0 Å². The van der Waals surface area contributed by atoms with E-state index in [4.69, 9.17) is 17.3 Å². The molecule has 0 radical (unpaired) electrons. The third-order valence-corrected chi connectivity index (χ3v) is 11.1. The lowest BCUT2D eigenvalue weighted by Crippen LogP contribution is -2.39. The Kier molecular flexibility index (Phi) is 30.5. The van der Waals surface area contributed by atoms with Crippen LogP contribution in [0, 0.1) is 57.2 Å². The zero-order valence-electron chi connectivity index (χ0n) is 36.9. The van der Waals surface area contributed by atoms with Crippen molar-refractivity contribution in [3.8, 4) is 12.1 Å². The molecule has 0 saturated carbocycles. The van der Waals surface area contributed by atoms with Gasteiger partial charge in [-0.1, -0.05) is 163 Å². The molecule has 0 aliphatic carbocycles. The maximum atomic E-state index is 12.8. The SMILES string of the molecule is C=CC(C)CCC=CCC(C#N)CC(C)(CC)C(=O)Cl.C=CC(C)CCC=CCC(C#N)CC(C)(CC)C(=O)NC/C=C/c1ccccc1.NC/C=C/c1ccccc1. The van der Waals surface area contributed by atoms with Crippen LogP contribution in [-0.2, 0) is 9.59 Å². The van der Waals surface area contributed by atoms with E-state index in [9.17, 15) is 20.1 Å². The summed E-state index contributed by atoms with van der Waals surface area (Å²) in [5, 5.41) is 21.4. The van der Waals surface area contributed by atoms with Crippen LogP contribution < -0.4 is 11.1 Å². The van der Waals surface area contributed by atoms with Crippen molar-refractivity contribution in [2.45, 2.75) is 106 Å². The first kappa shape index (κ1) is 54.2. The molecule has 320 valence electrons. The Bertz CT molecular complexity index is 1670. The topological polar surface area (TPSA) is 120 Å². The summed E-state index contributed by atoms with van der Waals surface area (Å²) in [6, 6.07) is 24.8. The molecule has 0 aliphatic heterocycles. The molecule has 6 atom stereocenters. The second-order valence-corrected chi connectivity index (χ2v) is 16.1. The van der Waals surface area contributed by atoms with Crippen molar-refractivity contribution in [2.75, 3.05) is 13.1 Å². The molecule has 0 aromatic heterocycles. The van der Waals surface area contributed by atoms with Gasteiger partial charge >= 0.3 is 0 Å². The van der Waals surface area contributed by atoms with Crippen LogP contribution in [0.5, 0.6) is 0 Å². The summed E-state index contributed by atoms with van der Waals surface area (Å²) in [5.41, 5.74) is 6.48. The summed E-state index contributed by atoms with van der Waals surface area (Å²) in [7, 11) is 0. The van der Waals surface area contributed by atoms with Gasteiger partial charge in [0.2, 0.25) is 11.1 Å². The van der Waals surface area contributed by atoms with Crippen molar-refractivity contribution in [3.63, 3.8) is 0 Å². The van der Waals surface area contributed by atoms with E-state index in [0.717, 1.165) is 31.2 Å². The Morgan fingerprint density at radius 3 is 1.53 bits per heavy atom. The number of nitrogens with two attached hydrogens (primary N) is 1. The molecule has 0 fully saturated rings. The van der Waals surface area contributed by atoms with E-state index in [2.05, 4.69) is 62.7 Å². The van der Waals surface area contributed by atoms with Gasteiger partial charge in [0.1, 0.15) is 0 Å². The molecule has 0 bridgehead atoms. The van der Waals surface area contributed by atoms with Crippen LogP contribution in [0.15, 0.2) is 122 Å². The van der Waals surface area contributed by atoms with Gasteiger partial charge in [-0.25, -0.2) is 0 Å². The fourth-order valence-electron chi connectivity index (χ4n) is 5.82.